The van der Waals surface area contributed by atoms with Crippen molar-refractivity contribution in [1.82, 2.24) is 9.80 Å². The molecule has 0 aliphatic carbocycles. The van der Waals surface area contributed by atoms with Crippen molar-refractivity contribution in [3.63, 3.8) is 0 Å². The second-order valence-corrected chi connectivity index (χ2v) is 7.95. The molecule has 0 saturated carbocycles. The molecule has 0 atom stereocenters. The molecule has 160 valence electrons. The molecule has 0 spiro atoms. The zero-order valence-electron chi connectivity index (χ0n) is 16.6. The molecule has 29 heavy (non-hydrogen) atoms. The maximum Gasteiger partial charge on any atom is 0.419 e. The van der Waals surface area contributed by atoms with Crippen LogP contribution in [-0.4, -0.2) is 54.4 Å². The van der Waals surface area contributed by atoms with Gasteiger partial charge in [-0.1, -0.05) is 19.1 Å². The first-order valence-corrected chi connectivity index (χ1v) is 10.1. The van der Waals surface area contributed by atoms with Gasteiger partial charge in [0.1, 0.15) is 5.75 Å². The van der Waals surface area contributed by atoms with E-state index < -0.39 is 18.3 Å². The van der Waals surface area contributed by atoms with Crippen LogP contribution in [0.3, 0.4) is 0 Å². The molecule has 2 saturated heterocycles. The summed E-state index contributed by atoms with van der Waals surface area (Å²) >= 11 is 0. The Hall–Kier alpha value is -2.25. The lowest BCUT2D eigenvalue weighted by Crippen LogP contribution is -2.47. The highest BCUT2D eigenvalue weighted by Gasteiger charge is 2.35. The minimum absolute atomic E-state index is 0.0840. The van der Waals surface area contributed by atoms with E-state index in [1.54, 1.807) is 4.90 Å². The quantitative estimate of drug-likeness (QED) is 0.760. The van der Waals surface area contributed by atoms with Crippen molar-refractivity contribution in [3.8, 4) is 5.75 Å². The van der Waals surface area contributed by atoms with Gasteiger partial charge in [0, 0.05) is 32.1 Å². The Kier molecular flexibility index (Phi) is 6.70. The lowest BCUT2D eigenvalue weighted by atomic mass is 9.92. The van der Waals surface area contributed by atoms with Crippen LogP contribution in [0.2, 0.25) is 0 Å². The molecule has 0 aromatic heterocycles. The van der Waals surface area contributed by atoms with Gasteiger partial charge in [-0.3, -0.25) is 9.59 Å². The number of nitrogens with zero attached hydrogens (tertiary/aromatic N) is 2. The number of para-hydroxylation sites is 1. The standard InChI is InChI=1S/C21H27F3N2O3/c1-15-6-10-26(11-7-15)20(28)16-8-12-25(13-9-16)19(27)14-29-18-5-3-2-4-17(18)21(22,23)24/h2-5,15-16H,6-14H2,1H3. The second kappa shape index (κ2) is 9.05. The minimum atomic E-state index is -4.54. The molecule has 2 amide bonds. The number of hydrogen-bond donors (Lipinski definition) is 0. The van der Waals surface area contributed by atoms with Crippen LogP contribution in [0.25, 0.3) is 0 Å². The van der Waals surface area contributed by atoms with Gasteiger partial charge in [-0.15, -0.1) is 0 Å². The van der Waals surface area contributed by atoms with Crippen LogP contribution in [0.15, 0.2) is 24.3 Å². The molecule has 1 aromatic carbocycles. The number of benzene rings is 1. The summed E-state index contributed by atoms with van der Waals surface area (Å²) in [7, 11) is 0. The number of likely N-dealkylation sites (tertiary alicyclic amines) is 2. The topological polar surface area (TPSA) is 49.9 Å². The van der Waals surface area contributed by atoms with E-state index in [1.807, 2.05) is 4.90 Å². The minimum Gasteiger partial charge on any atom is -0.483 e. The van der Waals surface area contributed by atoms with Gasteiger partial charge in [0.15, 0.2) is 6.61 Å². The molecule has 1 aromatic rings. The monoisotopic (exact) mass is 412 g/mol. The first-order valence-electron chi connectivity index (χ1n) is 10.1. The number of rotatable bonds is 4. The van der Waals surface area contributed by atoms with Crippen LogP contribution in [0.1, 0.15) is 38.2 Å². The van der Waals surface area contributed by atoms with E-state index in [-0.39, 0.29) is 23.5 Å². The summed E-state index contributed by atoms with van der Waals surface area (Å²) in [6.07, 6.45) is -1.32. The number of hydrogen-bond acceptors (Lipinski definition) is 3. The Labute approximate surface area is 168 Å². The zero-order valence-corrected chi connectivity index (χ0v) is 16.6. The van der Waals surface area contributed by atoms with Gasteiger partial charge >= 0.3 is 6.18 Å². The van der Waals surface area contributed by atoms with Gasteiger partial charge in [0.05, 0.1) is 5.56 Å². The Morgan fingerprint density at radius 2 is 1.59 bits per heavy atom. The molecule has 2 fully saturated rings. The van der Waals surface area contributed by atoms with Crippen molar-refractivity contribution in [2.24, 2.45) is 11.8 Å². The average molecular weight is 412 g/mol. The fraction of sp³-hybridized carbons (Fsp3) is 0.619. The number of ether oxygens (including phenoxy) is 1. The molecule has 2 heterocycles. The lowest BCUT2D eigenvalue weighted by molar-refractivity contribution is -0.143. The van der Waals surface area contributed by atoms with Gasteiger partial charge in [0.25, 0.3) is 5.91 Å². The normalized spacial score (nSPS) is 19.3. The molecule has 3 rings (SSSR count). The zero-order chi connectivity index (χ0) is 21.0. The van der Waals surface area contributed by atoms with Crippen molar-refractivity contribution in [2.45, 2.75) is 38.8 Å². The molecule has 2 aliphatic heterocycles. The van der Waals surface area contributed by atoms with Crippen LogP contribution in [0.4, 0.5) is 13.2 Å². The first kappa shape index (κ1) is 21.5. The number of halogens is 3. The van der Waals surface area contributed by atoms with E-state index in [4.69, 9.17) is 4.74 Å². The maximum atomic E-state index is 13.0. The number of alkyl halides is 3. The van der Waals surface area contributed by atoms with Gasteiger partial charge < -0.3 is 14.5 Å². The number of piperidine rings is 2. The van der Waals surface area contributed by atoms with E-state index in [2.05, 4.69) is 6.92 Å². The highest BCUT2D eigenvalue weighted by Crippen LogP contribution is 2.36. The molecule has 8 heteroatoms. The summed E-state index contributed by atoms with van der Waals surface area (Å²) in [6, 6.07) is 4.86. The second-order valence-electron chi connectivity index (χ2n) is 7.95. The molecule has 0 unspecified atom stereocenters. The van der Waals surface area contributed by atoms with Crippen LogP contribution >= 0.6 is 0 Å². The highest BCUT2D eigenvalue weighted by molar-refractivity contribution is 5.80. The molecular weight excluding hydrogens is 385 g/mol. The molecule has 5 nitrogen and oxygen atoms in total. The molecule has 2 aliphatic rings. The van der Waals surface area contributed by atoms with E-state index in [9.17, 15) is 22.8 Å². The molecule has 0 bridgehead atoms. The van der Waals surface area contributed by atoms with Gasteiger partial charge in [-0.25, -0.2) is 0 Å². The van der Waals surface area contributed by atoms with Gasteiger partial charge in [-0.2, -0.15) is 13.2 Å². The summed E-state index contributed by atoms with van der Waals surface area (Å²) in [6.45, 7) is 4.18. The Bertz CT molecular complexity index is 722. The third-order valence-corrected chi connectivity index (χ3v) is 5.84. The summed E-state index contributed by atoms with van der Waals surface area (Å²) in [4.78, 5) is 28.5. The van der Waals surface area contributed by atoms with Gasteiger partial charge in [-0.05, 0) is 43.7 Å². The molecule has 0 N–H and O–H groups in total. The van der Waals surface area contributed by atoms with Gasteiger partial charge in [0.2, 0.25) is 5.91 Å². The van der Waals surface area contributed by atoms with E-state index in [1.165, 1.54) is 18.2 Å². The summed E-state index contributed by atoms with van der Waals surface area (Å²) in [5.41, 5.74) is -0.895. The van der Waals surface area contributed by atoms with E-state index >= 15 is 0 Å². The SMILES string of the molecule is CC1CCN(C(=O)C2CCN(C(=O)COc3ccccc3C(F)(F)F)CC2)CC1. The average Bonchev–Trinajstić information content (AvgIpc) is 2.71. The van der Waals surface area contributed by atoms with E-state index in [0.29, 0.717) is 31.8 Å². The lowest BCUT2D eigenvalue weighted by Gasteiger charge is -2.36. The maximum absolute atomic E-state index is 13.0. The Morgan fingerprint density at radius 1 is 1.00 bits per heavy atom. The fourth-order valence-corrected chi connectivity index (χ4v) is 3.92. The van der Waals surface area contributed by atoms with Crippen LogP contribution in [0.5, 0.6) is 5.75 Å². The first-order chi connectivity index (χ1) is 13.8. The van der Waals surface area contributed by atoms with Crippen molar-refractivity contribution >= 4 is 11.8 Å². The predicted molar refractivity (Wildman–Crippen MR) is 101 cm³/mol. The number of carbonyl (C=O) groups is 2. The summed E-state index contributed by atoms with van der Waals surface area (Å²) in [5, 5.41) is 0. The largest absolute Gasteiger partial charge is 0.483 e. The smallest absolute Gasteiger partial charge is 0.419 e. The van der Waals surface area contributed by atoms with E-state index in [0.717, 1.165) is 32.0 Å². The van der Waals surface area contributed by atoms with Crippen molar-refractivity contribution in [3.05, 3.63) is 29.8 Å². The van der Waals surface area contributed by atoms with Crippen LogP contribution in [-0.2, 0) is 15.8 Å². The van der Waals surface area contributed by atoms with Crippen LogP contribution < -0.4 is 4.74 Å². The van der Waals surface area contributed by atoms with Crippen molar-refractivity contribution < 1.29 is 27.5 Å². The predicted octanol–water partition coefficient (Wildman–Crippen LogP) is 3.58. The van der Waals surface area contributed by atoms with Crippen molar-refractivity contribution in [2.75, 3.05) is 32.8 Å². The molecule has 0 radical (unpaired) electrons. The fourth-order valence-electron chi connectivity index (χ4n) is 3.92. The Balaban J connectivity index is 1.48. The molecular formula is C21H27F3N2O3. The third-order valence-electron chi connectivity index (χ3n) is 5.84. The third kappa shape index (κ3) is 5.42. The number of amides is 2. The number of carbonyl (C=O) groups excluding carboxylic acids is 2. The Morgan fingerprint density at radius 3 is 2.21 bits per heavy atom. The van der Waals surface area contributed by atoms with Crippen molar-refractivity contribution in [1.29, 1.82) is 0 Å². The summed E-state index contributed by atoms with van der Waals surface area (Å²) < 4.78 is 44.2. The highest BCUT2D eigenvalue weighted by atomic mass is 19.4. The summed E-state index contributed by atoms with van der Waals surface area (Å²) in [5.74, 6) is 0.0251. The van der Waals surface area contributed by atoms with Crippen LogP contribution in [0, 0.1) is 11.8 Å².